The van der Waals surface area contributed by atoms with Gasteiger partial charge in [0.25, 0.3) is 0 Å². The molecule has 2 aliphatic heterocycles. The molecule has 146 valence electrons. The molecule has 2 aliphatic rings. The van der Waals surface area contributed by atoms with Crippen LogP contribution in [-0.4, -0.2) is 42.7 Å². The van der Waals surface area contributed by atoms with Gasteiger partial charge >= 0.3 is 0 Å². The third kappa shape index (κ3) is 4.37. The number of aromatic nitrogens is 1. The van der Waals surface area contributed by atoms with Crippen molar-refractivity contribution in [2.45, 2.75) is 51.9 Å². The molecule has 0 spiro atoms. The second-order valence-corrected chi connectivity index (χ2v) is 8.12. The summed E-state index contributed by atoms with van der Waals surface area (Å²) in [4.78, 5) is 7.50. The number of anilines is 1. The third-order valence-corrected chi connectivity index (χ3v) is 6.10. The lowest BCUT2D eigenvalue weighted by Gasteiger charge is -2.32. The highest BCUT2D eigenvalue weighted by Gasteiger charge is 2.22. The maximum Gasteiger partial charge on any atom is 0.219 e. The Hall–Kier alpha value is -1.81. The molecule has 2 aromatic rings. The smallest absolute Gasteiger partial charge is 0.219 e. The summed E-state index contributed by atoms with van der Waals surface area (Å²) in [5.41, 5.74) is 3.55. The van der Waals surface area contributed by atoms with Gasteiger partial charge in [0.05, 0.1) is 17.8 Å². The fourth-order valence-electron chi connectivity index (χ4n) is 4.42. The van der Waals surface area contributed by atoms with Crippen molar-refractivity contribution < 1.29 is 4.74 Å². The lowest BCUT2D eigenvalue weighted by Crippen LogP contribution is -2.36. The number of likely N-dealkylation sites (tertiary alicyclic amines) is 1. The number of hydrogen-bond donors (Lipinski definition) is 1. The normalized spacial score (nSPS) is 18.3. The average Bonchev–Trinajstić information content (AvgIpc) is 2.73. The zero-order chi connectivity index (χ0) is 18.5. The van der Waals surface area contributed by atoms with E-state index in [1.807, 2.05) is 0 Å². The number of piperidine rings is 1. The fourth-order valence-corrected chi connectivity index (χ4v) is 4.42. The van der Waals surface area contributed by atoms with E-state index in [2.05, 4.69) is 41.4 Å². The van der Waals surface area contributed by atoms with Gasteiger partial charge in [0.15, 0.2) is 0 Å². The molecular formula is C23H33N3O. The van der Waals surface area contributed by atoms with Gasteiger partial charge < -0.3 is 15.0 Å². The first-order chi connectivity index (χ1) is 13.3. The Kier molecular flexibility index (Phi) is 6.13. The van der Waals surface area contributed by atoms with Gasteiger partial charge in [-0.05, 0) is 63.7 Å². The Labute approximate surface area is 163 Å². The summed E-state index contributed by atoms with van der Waals surface area (Å²) in [5.74, 6) is 1.52. The van der Waals surface area contributed by atoms with Gasteiger partial charge in [0, 0.05) is 17.5 Å². The highest BCUT2D eigenvalue weighted by Crippen LogP contribution is 2.36. The molecule has 27 heavy (non-hydrogen) atoms. The number of nitrogens with zero attached hydrogens (tertiary/aromatic N) is 2. The maximum atomic E-state index is 6.32. The van der Waals surface area contributed by atoms with Gasteiger partial charge in [-0.15, -0.1) is 0 Å². The van der Waals surface area contributed by atoms with E-state index in [9.17, 15) is 0 Å². The number of benzene rings is 1. The van der Waals surface area contributed by atoms with Gasteiger partial charge in [0.1, 0.15) is 0 Å². The van der Waals surface area contributed by atoms with E-state index >= 15 is 0 Å². The first-order valence-electron chi connectivity index (χ1n) is 10.9. The summed E-state index contributed by atoms with van der Waals surface area (Å²) in [7, 11) is 0. The molecule has 0 saturated carbocycles. The summed E-state index contributed by atoms with van der Waals surface area (Å²) in [6, 6.07) is 8.41. The van der Waals surface area contributed by atoms with Crippen molar-refractivity contribution in [3.63, 3.8) is 0 Å². The van der Waals surface area contributed by atoms with Gasteiger partial charge in [-0.2, -0.15) is 0 Å². The van der Waals surface area contributed by atoms with E-state index < -0.39 is 0 Å². The van der Waals surface area contributed by atoms with E-state index in [0.29, 0.717) is 5.92 Å². The summed E-state index contributed by atoms with van der Waals surface area (Å²) in [6.07, 6.45) is 8.72. The minimum absolute atomic E-state index is 0.660. The van der Waals surface area contributed by atoms with Crippen LogP contribution < -0.4 is 10.1 Å². The SMILES string of the molecule is CCCCCN1CCC(COc2nc3ccccc3c3c2CCCN3)CC1. The number of fused-ring (bicyclic) bond motifs is 3. The number of nitrogens with one attached hydrogen (secondary N) is 1. The van der Waals surface area contributed by atoms with Gasteiger partial charge in [-0.3, -0.25) is 0 Å². The molecule has 0 amide bonds. The van der Waals surface area contributed by atoms with Crippen molar-refractivity contribution in [3.05, 3.63) is 29.8 Å². The predicted octanol–water partition coefficient (Wildman–Crippen LogP) is 4.87. The van der Waals surface area contributed by atoms with Gasteiger partial charge in [-0.1, -0.05) is 38.0 Å². The van der Waals surface area contributed by atoms with Crippen LogP contribution in [0.25, 0.3) is 10.9 Å². The molecule has 4 nitrogen and oxygen atoms in total. The molecule has 4 heteroatoms. The number of pyridine rings is 1. The lowest BCUT2D eigenvalue weighted by atomic mass is 9.97. The predicted molar refractivity (Wildman–Crippen MR) is 113 cm³/mol. The zero-order valence-electron chi connectivity index (χ0n) is 16.7. The Morgan fingerprint density at radius 3 is 2.89 bits per heavy atom. The molecule has 1 saturated heterocycles. The summed E-state index contributed by atoms with van der Waals surface area (Å²) < 4.78 is 6.32. The fraction of sp³-hybridized carbons (Fsp3) is 0.609. The first-order valence-corrected chi connectivity index (χ1v) is 10.9. The second-order valence-electron chi connectivity index (χ2n) is 8.12. The first kappa shape index (κ1) is 18.5. The van der Waals surface area contributed by atoms with E-state index in [4.69, 9.17) is 9.72 Å². The van der Waals surface area contributed by atoms with Crippen molar-refractivity contribution in [1.82, 2.24) is 9.88 Å². The van der Waals surface area contributed by atoms with E-state index in [0.717, 1.165) is 37.4 Å². The van der Waals surface area contributed by atoms with Crippen LogP contribution in [0.4, 0.5) is 5.69 Å². The second kappa shape index (κ2) is 8.92. The highest BCUT2D eigenvalue weighted by atomic mass is 16.5. The van der Waals surface area contributed by atoms with Crippen molar-refractivity contribution in [2.24, 2.45) is 5.92 Å². The van der Waals surface area contributed by atoms with Crippen LogP contribution in [0, 0.1) is 5.92 Å². The van der Waals surface area contributed by atoms with E-state index in [-0.39, 0.29) is 0 Å². The van der Waals surface area contributed by atoms with Crippen LogP contribution in [0.1, 0.15) is 51.0 Å². The van der Waals surface area contributed by atoms with Crippen LogP contribution in [0.15, 0.2) is 24.3 Å². The van der Waals surface area contributed by atoms with Crippen molar-refractivity contribution in [1.29, 1.82) is 0 Å². The molecule has 0 atom stereocenters. The monoisotopic (exact) mass is 367 g/mol. The molecule has 1 fully saturated rings. The minimum Gasteiger partial charge on any atom is -0.477 e. The van der Waals surface area contributed by atoms with Crippen molar-refractivity contribution >= 4 is 16.6 Å². The Morgan fingerprint density at radius 1 is 1.19 bits per heavy atom. The Bertz CT molecular complexity index is 753. The minimum atomic E-state index is 0.660. The maximum absolute atomic E-state index is 6.32. The largest absolute Gasteiger partial charge is 0.477 e. The average molecular weight is 368 g/mol. The van der Waals surface area contributed by atoms with Gasteiger partial charge in [0.2, 0.25) is 5.88 Å². The van der Waals surface area contributed by atoms with E-state index in [1.54, 1.807) is 0 Å². The van der Waals surface area contributed by atoms with Crippen molar-refractivity contribution in [3.8, 4) is 5.88 Å². The number of unbranched alkanes of at least 4 members (excludes halogenated alkanes) is 2. The molecular weight excluding hydrogens is 334 g/mol. The Balaban J connectivity index is 1.38. The number of ether oxygens (including phenoxy) is 1. The molecule has 0 radical (unpaired) electrons. The quantitative estimate of drug-likeness (QED) is 0.708. The van der Waals surface area contributed by atoms with E-state index in [1.165, 1.54) is 68.4 Å². The van der Waals surface area contributed by atoms with Crippen LogP contribution in [0.2, 0.25) is 0 Å². The number of hydrogen-bond acceptors (Lipinski definition) is 4. The van der Waals surface area contributed by atoms with Crippen LogP contribution >= 0.6 is 0 Å². The Morgan fingerprint density at radius 2 is 2.04 bits per heavy atom. The summed E-state index contributed by atoms with van der Waals surface area (Å²) in [5, 5.41) is 4.81. The number of rotatable bonds is 7. The molecule has 1 aromatic carbocycles. The topological polar surface area (TPSA) is 37.4 Å². The standard InChI is InChI=1S/C23H33N3O/c1-2-3-6-14-26-15-11-18(12-16-26)17-27-23-20-9-7-13-24-22(20)19-8-4-5-10-21(19)25-23/h4-5,8,10,18,24H,2-3,6-7,9,11-17H2,1H3. The summed E-state index contributed by atoms with van der Waals surface area (Å²) >= 11 is 0. The lowest BCUT2D eigenvalue weighted by molar-refractivity contribution is 0.137. The third-order valence-electron chi connectivity index (χ3n) is 6.10. The van der Waals surface area contributed by atoms with Crippen molar-refractivity contribution in [2.75, 3.05) is 38.1 Å². The molecule has 1 N–H and O–H groups in total. The molecule has 0 unspecified atom stereocenters. The highest BCUT2D eigenvalue weighted by molar-refractivity contribution is 5.94. The zero-order valence-corrected chi connectivity index (χ0v) is 16.7. The van der Waals surface area contributed by atoms with Crippen LogP contribution in [0.3, 0.4) is 0 Å². The molecule has 1 aromatic heterocycles. The van der Waals surface area contributed by atoms with Crippen LogP contribution in [0.5, 0.6) is 5.88 Å². The molecule has 4 rings (SSSR count). The molecule has 3 heterocycles. The summed E-state index contributed by atoms with van der Waals surface area (Å²) in [6.45, 7) is 7.84. The molecule has 0 aliphatic carbocycles. The molecule has 0 bridgehead atoms. The van der Waals surface area contributed by atoms with Crippen LogP contribution in [-0.2, 0) is 6.42 Å². The number of para-hydroxylation sites is 1. The van der Waals surface area contributed by atoms with Gasteiger partial charge in [-0.25, -0.2) is 4.98 Å².